The molecule has 0 aliphatic heterocycles. The average Bonchev–Trinajstić information content (AvgIpc) is 2.86. The molecule has 2 aliphatic carbocycles. The molecule has 0 aromatic rings. The second-order valence-electron chi connectivity index (χ2n) is 5.30. The molecule has 0 radical (unpaired) electrons. The van der Waals surface area contributed by atoms with Gasteiger partial charge in [0, 0.05) is 6.42 Å². The topological polar surface area (TPSA) is 26.3 Å². The zero-order chi connectivity index (χ0) is 11.6. The molecule has 0 amide bonds. The molecule has 0 saturated heterocycles. The number of carbonyl (C=O) groups is 1. The van der Waals surface area contributed by atoms with Crippen molar-refractivity contribution < 1.29 is 9.53 Å². The van der Waals surface area contributed by atoms with Gasteiger partial charge in [0.2, 0.25) is 0 Å². The summed E-state index contributed by atoms with van der Waals surface area (Å²) in [5, 5.41) is 0. The minimum absolute atomic E-state index is 0.0331. The lowest BCUT2D eigenvalue weighted by molar-refractivity contribution is -0.166. The Hall–Kier alpha value is -0.790. The third kappa shape index (κ3) is 2.02. The van der Waals surface area contributed by atoms with Gasteiger partial charge in [0.1, 0.15) is 5.60 Å². The van der Waals surface area contributed by atoms with Crippen LogP contribution < -0.4 is 0 Å². The molecule has 2 bridgehead atoms. The van der Waals surface area contributed by atoms with Crippen LogP contribution in [0, 0.1) is 11.8 Å². The van der Waals surface area contributed by atoms with Gasteiger partial charge < -0.3 is 4.74 Å². The second-order valence-corrected chi connectivity index (χ2v) is 5.30. The summed E-state index contributed by atoms with van der Waals surface area (Å²) in [6.45, 7) is 5.79. The van der Waals surface area contributed by atoms with Crippen molar-refractivity contribution in [2.45, 2.75) is 57.5 Å². The highest BCUT2D eigenvalue weighted by Gasteiger charge is 2.52. The largest absolute Gasteiger partial charge is 0.459 e. The maximum atomic E-state index is 11.7. The highest BCUT2D eigenvalue weighted by atomic mass is 16.6. The summed E-state index contributed by atoms with van der Waals surface area (Å²) in [6.07, 6.45) is 8.96. The summed E-state index contributed by atoms with van der Waals surface area (Å²) in [5.41, 5.74) is -0.110. The first kappa shape index (κ1) is 11.7. The van der Waals surface area contributed by atoms with Gasteiger partial charge in [-0.2, -0.15) is 0 Å². The van der Waals surface area contributed by atoms with Crippen LogP contribution in [0.3, 0.4) is 0 Å². The van der Waals surface area contributed by atoms with Crippen molar-refractivity contribution in [2.75, 3.05) is 0 Å². The first-order chi connectivity index (χ1) is 7.70. The maximum Gasteiger partial charge on any atom is 0.306 e. The lowest BCUT2D eigenvalue weighted by atomic mass is 9.82. The molecule has 2 aliphatic rings. The van der Waals surface area contributed by atoms with Crippen LogP contribution in [-0.2, 0) is 9.53 Å². The fraction of sp³-hybridized carbons (Fsp3) is 0.786. The van der Waals surface area contributed by atoms with E-state index in [4.69, 9.17) is 4.74 Å². The van der Waals surface area contributed by atoms with Crippen molar-refractivity contribution in [3.8, 4) is 0 Å². The molecular formula is C14H22O2. The predicted octanol–water partition coefficient (Wildman–Crippen LogP) is 3.46. The number of ether oxygens (including phenoxy) is 1. The van der Waals surface area contributed by atoms with Gasteiger partial charge in [-0.05, 0) is 50.4 Å². The summed E-state index contributed by atoms with van der Waals surface area (Å²) < 4.78 is 5.80. The Morgan fingerprint density at radius 3 is 2.88 bits per heavy atom. The zero-order valence-corrected chi connectivity index (χ0v) is 10.2. The van der Waals surface area contributed by atoms with E-state index in [2.05, 4.69) is 13.5 Å². The minimum Gasteiger partial charge on any atom is -0.459 e. The monoisotopic (exact) mass is 222 g/mol. The van der Waals surface area contributed by atoms with Crippen LogP contribution in [0.1, 0.15) is 51.9 Å². The van der Waals surface area contributed by atoms with Gasteiger partial charge >= 0.3 is 5.97 Å². The molecule has 2 heteroatoms. The summed E-state index contributed by atoms with van der Waals surface area (Å²) >= 11 is 0. The SMILES string of the molecule is C=CCCC(=O)OC1(CC)CC2CCC1C2. The lowest BCUT2D eigenvalue weighted by Gasteiger charge is -2.36. The first-order valence-electron chi connectivity index (χ1n) is 6.53. The van der Waals surface area contributed by atoms with E-state index in [1.807, 2.05) is 0 Å². The van der Waals surface area contributed by atoms with E-state index >= 15 is 0 Å². The Labute approximate surface area is 98.1 Å². The normalized spacial score (nSPS) is 36.3. The van der Waals surface area contributed by atoms with Crippen molar-refractivity contribution >= 4 is 5.97 Å². The summed E-state index contributed by atoms with van der Waals surface area (Å²) in [4.78, 5) is 11.7. The van der Waals surface area contributed by atoms with Crippen LogP contribution in [0.15, 0.2) is 12.7 Å². The van der Waals surface area contributed by atoms with E-state index in [0.717, 1.165) is 25.2 Å². The molecule has 3 unspecified atom stereocenters. The summed E-state index contributed by atoms with van der Waals surface area (Å²) in [6, 6.07) is 0. The number of esters is 1. The molecule has 2 fully saturated rings. The summed E-state index contributed by atoms with van der Waals surface area (Å²) in [7, 11) is 0. The average molecular weight is 222 g/mol. The molecule has 0 spiro atoms. The van der Waals surface area contributed by atoms with Crippen LogP contribution in [0.2, 0.25) is 0 Å². The zero-order valence-electron chi connectivity index (χ0n) is 10.2. The number of hydrogen-bond acceptors (Lipinski definition) is 2. The van der Waals surface area contributed by atoms with E-state index in [-0.39, 0.29) is 11.6 Å². The van der Waals surface area contributed by atoms with Crippen LogP contribution in [0.25, 0.3) is 0 Å². The molecule has 2 rings (SSSR count). The number of allylic oxidation sites excluding steroid dienone is 1. The molecule has 0 N–H and O–H groups in total. The molecule has 3 atom stereocenters. The van der Waals surface area contributed by atoms with Crippen molar-refractivity contribution in [3.05, 3.63) is 12.7 Å². The standard InChI is InChI=1S/C14H22O2/c1-3-5-6-13(15)16-14(4-2)10-11-7-8-12(14)9-11/h3,11-12H,1,4-10H2,2H3. The van der Waals surface area contributed by atoms with Gasteiger partial charge in [-0.1, -0.05) is 13.0 Å². The number of fused-ring (bicyclic) bond motifs is 2. The van der Waals surface area contributed by atoms with Crippen molar-refractivity contribution in [3.63, 3.8) is 0 Å². The molecular weight excluding hydrogens is 200 g/mol. The Bertz CT molecular complexity index is 284. The molecule has 2 saturated carbocycles. The fourth-order valence-corrected chi connectivity index (χ4v) is 3.52. The van der Waals surface area contributed by atoms with Gasteiger partial charge in [0.05, 0.1) is 0 Å². The Balaban J connectivity index is 1.95. The van der Waals surface area contributed by atoms with Gasteiger partial charge in [-0.3, -0.25) is 4.79 Å². The van der Waals surface area contributed by atoms with Crippen LogP contribution in [0.4, 0.5) is 0 Å². The second kappa shape index (κ2) is 4.60. The smallest absolute Gasteiger partial charge is 0.306 e. The predicted molar refractivity (Wildman–Crippen MR) is 64.0 cm³/mol. The van der Waals surface area contributed by atoms with Gasteiger partial charge in [0.25, 0.3) is 0 Å². The van der Waals surface area contributed by atoms with Gasteiger partial charge in [-0.15, -0.1) is 6.58 Å². The fourth-order valence-electron chi connectivity index (χ4n) is 3.52. The molecule has 90 valence electrons. The van der Waals surface area contributed by atoms with E-state index in [0.29, 0.717) is 12.3 Å². The molecule has 0 aromatic carbocycles. The van der Waals surface area contributed by atoms with Crippen molar-refractivity contribution in [2.24, 2.45) is 11.8 Å². The van der Waals surface area contributed by atoms with E-state index in [1.54, 1.807) is 6.08 Å². The number of carbonyl (C=O) groups excluding carboxylic acids is 1. The highest BCUT2D eigenvalue weighted by Crippen LogP contribution is 2.54. The third-order valence-corrected chi connectivity index (χ3v) is 4.39. The third-order valence-electron chi connectivity index (χ3n) is 4.39. The molecule has 16 heavy (non-hydrogen) atoms. The van der Waals surface area contributed by atoms with Gasteiger partial charge in [-0.25, -0.2) is 0 Å². The van der Waals surface area contributed by atoms with Crippen LogP contribution in [-0.4, -0.2) is 11.6 Å². The molecule has 2 nitrogen and oxygen atoms in total. The molecule has 0 heterocycles. The van der Waals surface area contributed by atoms with Gasteiger partial charge in [0.15, 0.2) is 0 Å². The minimum atomic E-state index is -0.110. The van der Waals surface area contributed by atoms with Crippen LogP contribution in [0.5, 0.6) is 0 Å². The van der Waals surface area contributed by atoms with E-state index in [9.17, 15) is 4.79 Å². The summed E-state index contributed by atoms with van der Waals surface area (Å²) in [5.74, 6) is 1.42. The maximum absolute atomic E-state index is 11.7. The van der Waals surface area contributed by atoms with E-state index in [1.165, 1.54) is 19.3 Å². The number of rotatable bonds is 5. The Morgan fingerprint density at radius 1 is 1.56 bits per heavy atom. The van der Waals surface area contributed by atoms with Crippen LogP contribution >= 0.6 is 0 Å². The quantitative estimate of drug-likeness (QED) is 0.526. The molecule has 0 aromatic heterocycles. The Kier molecular flexibility index (Phi) is 3.36. The van der Waals surface area contributed by atoms with Crippen molar-refractivity contribution in [1.82, 2.24) is 0 Å². The van der Waals surface area contributed by atoms with E-state index < -0.39 is 0 Å². The van der Waals surface area contributed by atoms with Crippen molar-refractivity contribution in [1.29, 1.82) is 0 Å². The Morgan fingerprint density at radius 2 is 2.38 bits per heavy atom. The first-order valence-corrected chi connectivity index (χ1v) is 6.53. The number of hydrogen-bond donors (Lipinski definition) is 0. The lowest BCUT2D eigenvalue weighted by Crippen LogP contribution is -2.39. The highest BCUT2D eigenvalue weighted by molar-refractivity contribution is 5.70.